The summed E-state index contributed by atoms with van der Waals surface area (Å²) >= 11 is 4.97. The Morgan fingerprint density at radius 3 is 2.70 bits per heavy atom. The van der Waals surface area contributed by atoms with Crippen LogP contribution in [0, 0.1) is 5.41 Å². The standard InChI is InChI=1S/C7H11ClO2/c1-7(2-3-7)4-5-10-6(8)9/h2-5H2,1H3. The van der Waals surface area contributed by atoms with Crippen LogP contribution in [0.4, 0.5) is 4.79 Å². The van der Waals surface area contributed by atoms with Crippen LogP contribution in [0.1, 0.15) is 26.2 Å². The van der Waals surface area contributed by atoms with E-state index in [0.717, 1.165) is 6.42 Å². The van der Waals surface area contributed by atoms with Gasteiger partial charge in [0.05, 0.1) is 6.61 Å². The van der Waals surface area contributed by atoms with Crippen LogP contribution in [0.2, 0.25) is 0 Å². The highest BCUT2D eigenvalue weighted by molar-refractivity contribution is 6.61. The first kappa shape index (κ1) is 7.86. The maximum Gasteiger partial charge on any atom is 0.403 e. The van der Waals surface area contributed by atoms with Crippen molar-refractivity contribution in [2.24, 2.45) is 5.41 Å². The third kappa shape index (κ3) is 2.56. The molecule has 0 atom stereocenters. The molecule has 0 radical (unpaired) electrons. The minimum absolute atomic E-state index is 0.451. The normalized spacial score (nSPS) is 20.2. The van der Waals surface area contributed by atoms with Gasteiger partial charge < -0.3 is 4.74 Å². The van der Waals surface area contributed by atoms with Gasteiger partial charge in [-0.05, 0) is 24.7 Å². The average molecular weight is 163 g/mol. The van der Waals surface area contributed by atoms with Crippen LogP contribution in [-0.2, 0) is 4.74 Å². The molecule has 0 aromatic heterocycles. The van der Waals surface area contributed by atoms with E-state index < -0.39 is 5.43 Å². The molecule has 0 N–H and O–H groups in total. The third-order valence-electron chi connectivity index (χ3n) is 2.02. The van der Waals surface area contributed by atoms with Crippen LogP contribution in [0.5, 0.6) is 0 Å². The molecule has 1 fully saturated rings. The number of carbonyl (C=O) groups is 1. The maximum atomic E-state index is 10.1. The Morgan fingerprint density at radius 2 is 2.30 bits per heavy atom. The minimum atomic E-state index is -0.691. The molecule has 0 heterocycles. The van der Waals surface area contributed by atoms with Crippen molar-refractivity contribution in [1.29, 1.82) is 0 Å². The van der Waals surface area contributed by atoms with Crippen LogP contribution < -0.4 is 0 Å². The summed E-state index contributed by atoms with van der Waals surface area (Å²) < 4.78 is 4.58. The van der Waals surface area contributed by atoms with Gasteiger partial charge in [0.15, 0.2) is 0 Å². The van der Waals surface area contributed by atoms with Gasteiger partial charge in [-0.25, -0.2) is 4.79 Å². The molecule has 1 aliphatic rings. The van der Waals surface area contributed by atoms with E-state index >= 15 is 0 Å². The van der Waals surface area contributed by atoms with Crippen molar-refractivity contribution in [1.82, 2.24) is 0 Å². The van der Waals surface area contributed by atoms with Gasteiger partial charge in [0, 0.05) is 11.6 Å². The van der Waals surface area contributed by atoms with Crippen molar-refractivity contribution >= 4 is 17.0 Å². The lowest BCUT2D eigenvalue weighted by Crippen LogP contribution is -2.02. The van der Waals surface area contributed by atoms with Gasteiger partial charge in [-0.1, -0.05) is 6.92 Å². The summed E-state index contributed by atoms with van der Waals surface area (Å²) in [5.41, 5.74) is -0.240. The first-order chi connectivity index (χ1) is 4.62. The Bertz CT molecular complexity index is 141. The van der Waals surface area contributed by atoms with Crippen molar-refractivity contribution in [3.05, 3.63) is 0 Å². The van der Waals surface area contributed by atoms with Crippen LogP contribution in [0.15, 0.2) is 0 Å². The minimum Gasteiger partial charge on any atom is -0.454 e. The summed E-state index contributed by atoms with van der Waals surface area (Å²) in [5, 5.41) is 0. The van der Waals surface area contributed by atoms with Crippen LogP contribution >= 0.6 is 11.6 Å². The second-order valence-electron chi connectivity index (χ2n) is 3.15. The van der Waals surface area contributed by atoms with Crippen molar-refractivity contribution in [3.8, 4) is 0 Å². The molecule has 0 aromatic rings. The molecule has 2 nitrogen and oxygen atoms in total. The van der Waals surface area contributed by atoms with Gasteiger partial charge in [-0.2, -0.15) is 0 Å². The zero-order chi connectivity index (χ0) is 7.61. The molecule has 1 saturated carbocycles. The number of carbonyl (C=O) groups excluding carboxylic acids is 1. The van der Waals surface area contributed by atoms with E-state index in [1.54, 1.807) is 0 Å². The lowest BCUT2D eigenvalue weighted by molar-refractivity contribution is 0.164. The second kappa shape index (κ2) is 2.79. The van der Waals surface area contributed by atoms with E-state index in [9.17, 15) is 4.79 Å². The Hall–Kier alpha value is -0.240. The monoisotopic (exact) mass is 162 g/mol. The van der Waals surface area contributed by atoms with Gasteiger partial charge in [0.1, 0.15) is 0 Å². The van der Waals surface area contributed by atoms with Gasteiger partial charge in [-0.3, -0.25) is 0 Å². The average Bonchev–Trinajstić information content (AvgIpc) is 2.47. The fraction of sp³-hybridized carbons (Fsp3) is 0.857. The van der Waals surface area contributed by atoms with E-state index in [-0.39, 0.29) is 0 Å². The van der Waals surface area contributed by atoms with E-state index in [2.05, 4.69) is 11.7 Å². The largest absolute Gasteiger partial charge is 0.454 e. The Labute approximate surface area is 65.5 Å². The molecule has 0 aromatic carbocycles. The van der Waals surface area contributed by atoms with Crippen molar-refractivity contribution in [3.63, 3.8) is 0 Å². The van der Waals surface area contributed by atoms with Crippen LogP contribution in [0.3, 0.4) is 0 Å². The molecular formula is C7H11ClO2. The molecule has 0 aliphatic heterocycles. The molecule has 1 aliphatic carbocycles. The first-order valence-electron chi connectivity index (χ1n) is 3.45. The van der Waals surface area contributed by atoms with Crippen molar-refractivity contribution in [2.45, 2.75) is 26.2 Å². The van der Waals surface area contributed by atoms with Gasteiger partial charge >= 0.3 is 5.43 Å². The molecule has 10 heavy (non-hydrogen) atoms. The summed E-state index contributed by atoms with van der Waals surface area (Å²) in [4.78, 5) is 10.1. The fourth-order valence-electron chi connectivity index (χ4n) is 0.841. The van der Waals surface area contributed by atoms with E-state index in [4.69, 9.17) is 11.6 Å². The molecule has 0 bridgehead atoms. The molecule has 0 saturated heterocycles. The third-order valence-corrected chi connectivity index (χ3v) is 2.13. The molecule has 0 unspecified atom stereocenters. The molecular weight excluding hydrogens is 152 g/mol. The molecule has 0 spiro atoms. The van der Waals surface area contributed by atoms with Crippen molar-refractivity contribution in [2.75, 3.05) is 6.61 Å². The zero-order valence-corrected chi connectivity index (χ0v) is 6.78. The molecule has 58 valence electrons. The quantitative estimate of drug-likeness (QED) is 0.597. The van der Waals surface area contributed by atoms with Crippen molar-refractivity contribution < 1.29 is 9.53 Å². The number of halogens is 1. The summed E-state index contributed by atoms with van der Waals surface area (Å²) in [6.45, 7) is 2.66. The lowest BCUT2D eigenvalue weighted by Gasteiger charge is -2.05. The van der Waals surface area contributed by atoms with E-state index in [1.165, 1.54) is 12.8 Å². The molecule has 0 amide bonds. The number of rotatable bonds is 3. The summed E-state index contributed by atoms with van der Waals surface area (Å²) in [6.07, 6.45) is 3.46. The lowest BCUT2D eigenvalue weighted by atomic mass is 10.1. The maximum absolute atomic E-state index is 10.1. The predicted octanol–water partition coefficient (Wildman–Crippen LogP) is 2.55. The highest BCUT2D eigenvalue weighted by atomic mass is 35.5. The smallest absolute Gasteiger partial charge is 0.403 e. The zero-order valence-electron chi connectivity index (χ0n) is 6.02. The predicted molar refractivity (Wildman–Crippen MR) is 39.2 cm³/mol. The van der Waals surface area contributed by atoms with Crippen LogP contribution in [0.25, 0.3) is 0 Å². The Morgan fingerprint density at radius 1 is 1.70 bits per heavy atom. The topological polar surface area (TPSA) is 26.3 Å². The van der Waals surface area contributed by atoms with Crippen LogP contribution in [-0.4, -0.2) is 12.0 Å². The molecule has 1 rings (SSSR count). The number of ether oxygens (including phenoxy) is 1. The highest BCUT2D eigenvalue weighted by Crippen LogP contribution is 2.47. The molecule has 3 heteroatoms. The van der Waals surface area contributed by atoms with E-state index in [0.29, 0.717) is 12.0 Å². The first-order valence-corrected chi connectivity index (χ1v) is 3.82. The van der Waals surface area contributed by atoms with Gasteiger partial charge in [0.2, 0.25) is 0 Å². The fourth-order valence-corrected chi connectivity index (χ4v) is 0.918. The summed E-state index contributed by atoms with van der Waals surface area (Å²) in [6, 6.07) is 0. The highest BCUT2D eigenvalue weighted by Gasteiger charge is 2.36. The van der Waals surface area contributed by atoms with E-state index in [1.807, 2.05) is 0 Å². The number of hydrogen-bond acceptors (Lipinski definition) is 2. The Balaban J connectivity index is 2.00. The Kier molecular flexibility index (Phi) is 2.19. The second-order valence-corrected chi connectivity index (χ2v) is 3.46. The summed E-state index contributed by atoms with van der Waals surface area (Å²) in [7, 11) is 0. The van der Waals surface area contributed by atoms with Gasteiger partial charge in [-0.15, -0.1) is 0 Å². The number of hydrogen-bond donors (Lipinski definition) is 0. The SMILES string of the molecule is CC1(CCOC(=O)Cl)CC1. The van der Waals surface area contributed by atoms with Gasteiger partial charge in [0.25, 0.3) is 0 Å². The summed E-state index contributed by atoms with van der Waals surface area (Å²) in [5.74, 6) is 0.